The number of aliphatic hydroxyl groups excluding tert-OH is 1. The quantitative estimate of drug-likeness (QED) is 0.247. The second-order valence-electron chi connectivity index (χ2n) is 6.79. The predicted molar refractivity (Wildman–Crippen MR) is 128 cm³/mol. The van der Waals surface area contributed by atoms with Crippen LogP contribution < -0.4 is 4.74 Å². The third kappa shape index (κ3) is 5.19. The second kappa shape index (κ2) is 11.1. The summed E-state index contributed by atoms with van der Waals surface area (Å²) in [5, 5.41) is 43.0. The van der Waals surface area contributed by atoms with E-state index < -0.39 is 0 Å². The van der Waals surface area contributed by atoms with E-state index in [1.165, 1.54) is 29.3 Å². The van der Waals surface area contributed by atoms with E-state index in [0.717, 1.165) is 16.3 Å². The van der Waals surface area contributed by atoms with Crippen LogP contribution in [0, 0.1) is 22.7 Å². The van der Waals surface area contributed by atoms with Gasteiger partial charge in [0.25, 0.3) is 0 Å². The number of nitrogens with zero attached hydrogens (tertiary/aromatic N) is 6. The Morgan fingerprint density at radius 1 is 1.15 bits per heavy atom. The van der Waals surface area contributed by atoms with Crippen molar-refractivity contribution < 1.29 is 9.84 Å². The molecule has 0 aliphatic heterocycles. The maximum Gasteiger partial charge on any atom is 0.233 e. The maximum absolute atomic E-state index is 9.93. The van der Waals surface area contributed by atoms with Crippen LogP contribution in [0.5, 0.6) is 5.88 Å². The van der Waals surface area contributed by atoms with Gasteiger partial charge in [-0.3, -0.25) is 0 Å². The summed E-state index contributed by atoms with van der Waals surface area (Å²) in [6.07, 6.45) is 1.81. The highest BCUT2D eigenvalue weighted by molar-refractivity contribution is 7.98. The first kappa shape index (κ1) is 23.7. The molecule has 0 fully saturated rings. The van der Waals surface area contributed by atoms with Crippen molar-refractivity contribution in [3.63, 3.8) is 0 Å². The van der Waals surface area contributed by atoms with Crippen LogP contribution in [0.3, 0.4) is 0 Å². The van der Waals surface area contributed by atoms with Crippen LogP contribution in [0.4, 0.5) is 0 Å². The minimum atomic E-state index is -0.0598. The first-order valence-electron chi connectivity index (χ1n) is 9.95. The van der Waals surface area contributed by atoms with E-state index in [-0.39, 0.29) is 30.2 Å². The summed E-state index contributed by atoms with van der Waals surface area (Å²) in [5.41, 5.74) is 2.72. The van der Waals surface area contributed by atoms with E-state index >= 15 is 0 Å². The zero-order valence-corrected chi connectivity index (χ0v) is 19.9. The number of aromatic nitrogens is 5. The maximum atomic E-state index is 9.93. The number of aromatic amines is 1. The highest BCUT2D eigenvalue weighted by Gasteiger charge is 2.24. The first-order chi connectivity index (χ1) is 16.6. The lowest BCUT2D eigenvalue weighted by Crippen LogP contribution is -2.07. The molecule has 1 aromatic carbocycles. The van der Waals surface area contributed by atoms with Crippen LogP contribution in [0.25, 0.3) is 21.8 Å². The molecule has 0 radical (unpaired) electrons. The van der Waals surface area contributed by atoms with Crippen molar-refractivity contribution in [2.75, 3.05) is 13.2 Å². The molecule has 3 aromatic heterocycles. The summed E-state index contributed by atoms with van der Waals surface area (Å²) in [7, 11) is 0. The van der Waals surface area contributed by atoms with Gasteiger partial charge in [-0.1, -0.05) is 35.5 Å². The minimum Gasteiger partial charge on any atom is -0.477 e. The van der Waals surface area contributed by atoms with Gasteiger partial charge in [0, 0.05) is 40.3 Å². The molecule has 4 aromatic rings. The molecule has 170 valence electrons. The lowest BCUT2D eigenvalue weighted by atomic mass is 10.0. The van der Waals surface area contributed by atoms with Crippen LogP contribution >= 0.6 is 34.7 Å². The largest absolute Gasteiger partial charge is 0.477 e. The van der Waals surface area contributed by atoms with E-state index in [1.807, 2.05) is 29.6 Å². The standard InChI is InChI=1S/C22H16ClN7O2S2/c23-14-4-2-13(3-5-14)21-27-15(11-33-21)12-34-22-17(9-25)19(18-10-26-30-29-18)16(8-24)20(28-22)32-7-1-6-31/h2-5,10-11,31H,1,6-7,12H2,(H,26,29,30). The second-order valence-corrected chi connectivity index (χ2v) is 9.05. The smallest absolute Gasteiger partial charge is 0.233 e. The van der Waals surface area contributed by atoms with Crippen LogP contribution in [-0.2, 0) is 5.75 Å². The molecule has 9 nitrogen and oxygen atoms in total. The Bertz CT molecular complexity index is 1360. The zero-order chi connectivity index (χ0) is 23.9. The van der Waals surface area contributed by atoms with Gasteiger partial charge in [-0.15, -0.1) is 11.3 Å². The Hall–Kier alpha value is -3.48. The van der Waals surface area contributed by atoms with Crippen molar-refractivity contribution in [1.29, 1.82) is 10.5 Å². The Morgan fingerprint density at radius 3 is 2.62 bits per heavy atom. The Morgan fingerprint density at radius 2 is 1.94 bits per heavy atom. The molecule has 3 heterocycles. The number of halogens is 1. The number of aliphatic hydroxyl groups is 1. The molecule has 0 bridgehead atoms. The van der Waals surface area contributed by atoms with Crippen LogP contribution in [0.15, 0.2) is 40.9 Å². The molecule has 12 heteroatoms. The molecule has 34 heavy (non-hydrogen) atoms. The monoisotopic (exact) mass is 509 g/mol. The molecule has 0 aliphatic carbocycles. The predicted octanol–water partition coefficient (Wildman–Crippen LogP) is 4.44. The van der Waals surface area contributed by atoms with Crippen molar-refractivity contribution in [2.24, 2.45) is 0 Å². The van der Waals surface area contributed by atoms with Crippen molar-refractivity contribution >= 4 is 34.7 Å². The number of thioether (sulfide) groups is 1. The summed E-state index contributed by atoms with van der Waals surface area (Å²) in [4.78, 5) is 9.14. The molecular formula is C22H16ClN7O2S2. The number of nitrogens with one attached hydrogen (secondary N) is 1. The van der Waals surface area contributed by atoms with Crippen LogP contribution in [0.1, 0.15) is 23.2 Å². The Labute approximate surface area is 208 Å². The molecule has 0 unspecified atom stereocenters. The van der Waals surface area contributed by atoms with Gasteiger partial charge in [0.1, 0.15) is 33.4 Å². The van der Waals surface area contributed by atoms with Crippen LogP contribution in [-0.4, -0.2) is 43.7 Å². The zero-order valence-electron chi connectivity index (χ0n) is 17.5. The van der Waals surface area contributed by atoms with Gasteiger partial charge >= 0.3 is 0 Å². The number of rotatable bonds is 9. The van der Waals surface area contributed by atoms with E-state index in [0.29, 0.717) is 33.5 Å². The average Bonchev–Trinajstić information content (AvgIpc) is 3.55. The van der Waals surface area contributed by atoms with E-state index in [9.17, 15) is 10.5 Å². The molecule has 0 spiro atoms. The van der Waals surface area contributed by atoms with Gasteiger partial charge in [0.2, 0.25) is 5.88 Å². The van der Waals surface area contributed by atoms with E-state index in [2.05, 4.69) is 37.5 Å². The molecule has 0 saturated carbocycles. The van der Waals surface area contributed by atoms with Crippen molar-refractivity contribution in [3.05, 3.63) is 57.7 Å². The molecule has 4 rings (SSSR count). The normalized spacial score (nSPS) is 10.6. The lowest BCUT2D eigenvalue weighted by Gasteiger charge is -2.13. The van der Waals surface area contributed by atoms with Gasteiger partial charge in [-0.25, -0.2) is 9.97 Å². The van der Waals surface area contributed by atoms with Crippen molar-refractivity contribution in [2.45, 2.75) is 17.2 Å². The van der Waals surface area contributed by atoms with Gasteiger partial charge in [0.15, 0.2) is 0 Å². The Balaban J connectivity index is 1.66. The lowest BCUT2D eigenvalue weighted by molar-refractivity contribution is 0.228. The highest BCUT2D eigenvalue weighted by atomic mass is 35.5. The number of nitriles is 2. The molecule has 0 atom stereocenters. The van der Waals surface area contributed by atoms with E-state index in [1.54, 1.807) is 0 Å². The fourth-order valence-electron chi connectivity index (χ4n) is 3.01. The third-order valence-corrected chi connectivity index (χ3v) is 6.77. The van der Waals surface area contributed by atoms with Crippen LogP contribution in [0.2, 0.25) is 5.02 Å². The topological polar surface area (TPSA) is 144 Å². The number of hydrogen-bond donors (Lipinski definition) is 2. The number of thiazole rings is 1. The highest BCUT2D eigenvalue weighted by Crippen LogP contribution is 2.38. The minimum absolute atomic E-state index is 0.0598. The molecule has 2 N–H and O–H groups in total. The SMILES string of the molecule is N#Cc1c(OCCCO)nc(SCc2csc(-c3ccc(Cl)cc3)n2)c(C#N)c1-c1cn[nH]n1. The number of benzene rings is 1. The van der Waals surface area contributed by atoms with Gasteiger partial charge in [-0.05, 0) is 12.1 Å². The van der Waals surface area contributed by atoms with Gasteiger partial charge in [0.05, 0.1) is 24.1 Å². The first-order valence-corrected chi connectivity index (χ1v) is 12.2. The van der Waals surface area contributed by atoms with Crippen molar-refractivity contribution in [1.82, 2.24) is 25.4 Å². The molecular weight excluding hydrogens is 494 g/mol. The van der Waals surface area contributed by atoms with Gasteiger partial charge in [-0.2, -0.15) is 25.9 Å². The number of pyridine rings is 1. The summed E-state index contributed by atoms with van der Waals surface area (Å²) in [6.45, 7) is 0.110. The average molecular weight is 510 g/mol. The third-order valence-electron chi connectivity index (χ3n) is 4.57. The fourth-order valence-corrected chi connectivity index (χ4v) is 4.94. The summed E-state index contributed by atoms with van der Waals surface area (Å²) in [5.74, 6) is 0.530. The molecule has 0 aliphatic rings. The Kier molecular flexibility index (Phi) is 7.72. The number of hydrogen-bond acceptors (Lipinski definition) is 10. The molecule has 0 saturated heterocycles. The van der Waals surface area contributed by atoms with Gasteiger partial charge < -0.3 is 9.84 Å². The fraction of sp³-hybridized carbons (Fsp3) is 0.182. The summed E-state index contributed by atoms with van der Waals surface area (Å²) >= 11 is 8.79. The van der Waals surface area contributed by atoms with Crippen molar-refractivity contribution in [3.8, 4) is 39.8 Å². The van der Waals surface area contributed by atoms with E-state index in [4.69, 9.17) is 21.4 Å². The number of ether oxygens (including phenoxy) is 1. The number of H-pyrrole nitrogens is 1. The summed E-state index contributed by atoms with van der Waals surface area (Å²) in [6, 6.07) is 11.7. The molecule has 0 amide bonds. The summed E-state index contributed by atoms with van der Waals surface area (Å²) < 4.78 is 5.67.